The Labute approximate surface area is 177 Å². The molecule has 30 heavy (non-hydrogen) atoms. The number of rotatable bonds is 6. The van der Waals surface area contributed by atoms with Crippen molar-refractivity contribution in [3.8, 4) is 0 Å². The molecule has 0 spiro atoms. The molecule has 2 heterocycles. The maximum absolute atomic E-state index is 13.1. The van der Waals surface area contributed by atoms with Crippen molar-refractivity contribution in [2.24, 2.45) is 0 Å². The fraction of sp³-hybridized carbons (Fsp3) is 0.571. The molecular weight excluding hydrogens is 408 g/mol. The zero-order valence-electron chi connectivity index (χ0n) is 17.2. The van der Waals surface area contributed by atoms with Crippen molar-refractivity contribution in [1.29, 1.82) is 0 Å². The van der Waals surface area contributed by atoms with E-state index in [4.69, 9.17) is 4.74 Å². The number of amides is 1. The average molecular weight is 437 g/mol. The van der Waals surface area contributed by atoms with Gasteiger partial charge >= 0.3 is 5.97 Å². The van der Waals surface area contributed by atoms with Crippen LogP contribution in [0, 0.1) is 0 Å². The van der Waals surface area contributed by atoms with Gasteiger partial charge < -0.3 is 9.64 Å². The quantitative estimate of drug-likeness (QED) is 0.499. The second-order valence-electron chi connectivity index (χ2n) is 7.76. The summed E-state index contributed by atoms with van der Waals surface area (Å²) in [5.74, 6) is -1.09. The molecule has 164 valence electrons. The third-order valence-corrected chi connectivity index (χ3v) is 7.56. The number of Topliss-reactive ketones (excluding diaryl/α,β-unsaturated/α-hetero) is 1. The van der Waals surface area contributed by atoms with E-state index in [9.17, 15) is 22.8 Å². The van der Waals surface area contributed by atoms with E-state index >= 15 is 0 Å². The van der Waals surface area contributed by atoms with Crippen LogP contribution < -0.4 is 0 Å². The van der Waals surface area contributed by atoms with Crippen LogP contribution in [0.3, 0.4) is 0 Å². The number of nitrogens with zero attached hydrogens (tertiary/aromatic N) is 2. The van der Waals surface area contributed by atoms with Gasteiger partial charge in [0.05, 0.1) is 4.90 Å². The largest absolute Gasteiger partial charge is 0.454 e. The van der Waals surface area contributed by atoms with Crippen LogP contribution in [0.5, 0.6) is 0 Å². The number of hydrogen-bond acceptors (Lipinski definition) is 6. The van der Waals surface area contributed by atoms with Crippen LogP contribution in [0.15, 0.2) is 29.2 Å². The number of esters is 1. The van der Waals surface area contributed by atoms with E-state index in [1.54, 1.807) is 4.90 Å². The highest BCUT2D eigenvalue weighted by atomic mass is 32.2. The first-order valence-electron chi connectivity index (χ1n) is 10.4. The maximum atomic E-state index is 13.1. The number of carbonyl (C=O) groups excluding carboxylic acids is 3. The monoisotopic (exact) mass is 436 g/mol. The second-order valence-corrected chi connectivity index (χ2v) is 9.65. The summed E-state index contributed by atoms with van der Waals surface area (Å²) in [4.78, 5) is 38.1. The molecule has 3 rings (SSSR count). The summed E-state index contributed by atoms with van der Waals surface area (Å²) in [7, 11) is -3.93. The molecule has 2 aliphatic rings. The summed E-state index contributed by atoms with van der Waals surface area (Å²) in [6.07, 6.45) is 4.66. The topological polar surface area (TPSA) is 101 Å². The van der Waals surface area contributed by atoms with Crippen LogP contribution in [-0.2, 0) is 24.3 Å². The molecule has 1 aromatic carbocycles. The molecule has 1 atom stereocenters. The number of ketones is 1. The lowest BCUT2D eigenvalue weighted by atomic mass is 10.1. The number of piperidine rings is 2. The van der Waals surface area contributed by atoms with Crippen molar-refractivity contribution >= 4 is 27.7 Å². The Bertz CT molecular complexity index is 891. The van der Waals surface area contributed by atoms with E-state index in [0.29, 0.717) is 37.9 Å². The molecular formula is C21H28N2O6S. The molecule has 1 aromatic rings. The number of benzene rings is 1. The smallest absolute Gasteiger partial charge is 0.324 e. The molecule has 0 bridgehead atoms. The van der Waals surface area contributed by atoms with Crippen LogP contribution in [0.1, 0.15) is 55.8 Å². The van der Waals surface area contributed by atoms with Crippen molar-refractivity contribution in [3.05, 3.63) is 29.8 Å². The zero-order valence-corrected chi connectivity index (χ0v) is 18.0. The van der Waals surface area contributed by atoms with Gasteiger partial charge in [0, 0.05) is 25.2 Å². The first-order chi connectivity index (χ1) is 14.3. The SMILES string of the molecule is CC(=O)c1ccc(S(=O)(=O)N2CCCCC2C(=O)OCC(=O)N2CCCCC2)cc1. The first kappa shape index (κ1) is 22.4. The third-order valence-electron chi connectivity index (χ3n) is 5.64. The predicted molar refractivity (Wildman–Crippen MR) is 109 cm³/mol. The van der Waals surface area contributed by atoms with Gasteiger partial charge in [0.15, 0.2) is 12.4 Å². The Balaban J connectivity index is 1.69. The van der Waals surface area contributed by atoms with Crippen LogP contribution in [0.25, 0.3) is 0 Å². The Hall–Kier alpha value is -2.26. The summed E-state index contributed by atoms with van der Waals surface area (Å²) < 4.78 is 32.6. The van der Waals surface area contributed by atoms with Crippen molar-refractivity contribution in [1.82, 2.24) is 9.21 Å². The van der Waals surface area contributed by atoms with Crippen LogP contribution in [0.2, 0.25) is 0 Å². The molecule has 0 saturated carbocycles. The minimum absolute atomic E-state index is 0.0246. The second kappa shape index (κ2) is 9.70. The predicted octanol–water partition coefficient (Wildman–Crippen LogP) is 1.99. The normalized spacial score (nSPS) is 20.6. The lowest BCUT2D eigenvalue weighted by molar-refractivity contribution is -0.156. The lowest BCUT2D eigenvalue weighted by Gasteiger charge is -2.33. The third kappa shape index (κ3) is 5.07. The molecule has 0 aromatic heterocycles. The molecule has 1 amide bonds. The van der Waals surface area contributed by atoms with Crippen molar-refractivity contribution in [3.63, 3.8) is 0 Å². The molecule has 0 N–H and O–H groups in total. The van der Waals surface area contributed by atoms with Gasteiger partial charge in [0.25, 0.3) is 5.91 Å². The molecule has 2 saturated heterocycles. The Kier molecular flexibility index (Phi) is 7.25. The van der Waals surface area contributed by atoms with Gasteiger partial charge in [-0.25, -0.2) is 8.42 Å². The van der Waals surface area contributed by atoms with Crippen molar-refractivity contribution in [2.45, 2.75) is 56.4 Å². The molecule has 2 fully saturated rings. The van der Waals surface area contributed by atoms with E-state index in [2.05, 4.69) is 0 Å². The molecule has 9 heteroatoms. The summed E-state index contributed by atoms with van der Waals surface area (Å²) in [6, 6.07) is 4.73. The van der Waals surface area contributed by atoms with Crippen molar-refractivity contribution in [2.75, 3.05) is 26.2 Å². The molecule has 8 nitrogen and oxygen atoms in total. The number of hydrogen-bond donors (Lipinski definition) is 0. The average Bonchev–Trinajstić information content (AvgIpc) is 2.77. The highest BCUT2D eigenvalue weighted by molar-refractivity contribution is 7.89. The summed E-state index contributed by atoms with van der Waals surface area (Å²) in [6.45, 7) is 2.58. The van der Waals surface area contributed by atoms with Crippen LogP contribution >= 0.6 is 0 Å². The number of likely N-dealkylation sites (tertiary alicyclic amines) is 1. The molecule has 0 aliphatic carbocycles. The van der Waals surface area contributed by atoms with E-state index in [0.717, 1.165) is 23.6 Å². The van der Waals surface area contributed by atoms with E-state index in [1.165, 1.54) is 31.2 Å². The fourth-order valence-electron chi connectivity index (χ4n) is 3.89. The highest BCUT2D eigenvalue weighted by Crippen LogP contribution is 2.26. The van der Waals surface area contributed by atoms with Gasteiger partial charge in [0.1, 0.15) is 6.04 Å². The first-order valence-corrected chi connectivity index (χ1v) is 11.8. The Morgan fingerprint density at radius 2 is 1.60 bits per heavy atom. The van der Waals surface area contributed by atoms with Crippen molar-refractivity contribution < 1.29 is 27.5 Å². The number of ether oxygens (including phenoxy) is 1. The lowest BCUT2D eigenvalue weighted by Crippen LogP contribution is -2.49. The van der Waals surface area contributed by atoms with Crippen LogP contribution in [0.4, 0.5) is 0 Å². The minimum atomic E-state index is -3.93. The molecule has 0 radical (unpaired) electrons. The minimum Gasteiger partial charge on any atom is -0.454 e. The Morgan fingerprint density at radius 1 is 0.967 bits per heavy atom. The maximum Gasteiger partial charge on any atom is 0.324 e. The van der Waals surface area contributed by atoms with Gasteiger partial charge in [-0.3, -0.25) is 14.4 Å². The van der Waals surface area contributed by atoms with E-state index < -0.39 is 22.0 Å². The molecule has 2 aliphatic heterocycles. The number of sulfonamides is 1. The van der Waals surface area contributed by atoms with Gasteiger partial charge in [-0.05, 0) is 57.6 Å². The highest BCUT2D eigenvalue weighted by Gasteiger charge is 2.39. The fourth-order valence-corrected chi connectivity index (χ4v) is 5.54. The summed E-state index contributed by atoms with van der Waals surface area (Å²) in [5.41, 5.74) is 0.416. The zero-order chi connectivity index (χ0) is 21.7. The van der Waals surface area contributed by atoms with E-state index in [1.807, 2.05) is 0 Å². The van der Waals surface area contributed by atoms with Gasteiger partial charge in [-0.1, -0.05) is 12.1 Å². The Morgan fingerprint density at radius 3 is 2.23 bits per heavy atom. The molecule has 1 unspecified atom stereocenters. The van der Waals surface area contributed by atoms with E-state index in [-0.39, 0.29) is 29.7 Å². The summed E-state index contributed by atoms with van der Waals surface area (Å²) >= 11 is 0. The van der Waals surface area contributed by atoms with Gasteiger partial charge in [0.2, 0.25) is 10.0 Å². The summed E-state index contributed by atoms with van der Waals surface area (Å²) in [5, 5.41) is 0. The van der Waals surface area contributed by atoms with Crippen LogP contribution in [-0.4, -0.2) is 67.6 Å². The van der Waals surface area contributed by atoms with Gasteiger partial charge in [-0.2, -0.15) is 4.31 Å². The number of carbonyl (C=O) groups is 3. The standard InChI is InChI=1S/C21H28N2O6S/c1-16(24)17-8-10-18(11-9-17)30(27,28)23-14-6-3-7-19(23)21(26)29-15-20(25)22-12-4-2-5-13-22/h8-11,19H,2-7,12-15H2,1H3. The van der Waals surface area contributed by atoms with Gasteiger partial charge in [-0.15, -0.1) is 0 Å².